The van der Waals surface area contributed by atoms with Crippen molar-refractivity contribution in [2.75, 3.05) is 17.7 Å². The number of nitrogens with two attached hydrogens (primary N) is 1. The Hall–Kier alpha value is -1.85. The monoisotopic (exact) mass is 224 g/mol. The van der Waals surface area contributed by atoms with Crippen LogP contribution in [0.2, 0.25) is 0 Å². The van der Waals surface area contributed by atoms with Gasteiger partial charge in [-0.25, -0.2) is 4.98 Å². The highest BCUT2D eigenvalue weighted by Gasteiger charge is 2.15. The van der Waals surface area contributed by atoms with Crippen LogP contribution in [0.15, 0.2) is 12.1 Å². The lowest BCUT2D eigenvalue weighted by Gasteiger charge is -2.24. The molecule has 6 nitrogen and oxygen atoms in total. The minimum atomic E-state index is -0.466. The van der Waals surface area contributed by atoms with Crippen LogP contribution in [-0.4, -0.2) is 23.0 Å². The Labute approximate surface area is 94.2 Å². The molecule has 0 aliphatic rings. The molecule has 1 aromatic rings. The van der Waals surface area contributed by atoms with Crippen LogP contribution in [0.5, 0.6) is 0 Å². The summed E-state index contributed by atoms with van der Waals surface area (Å²) in [5.41, 5.74) is 5.50. The van der Waals surface area contributed by atoms with Crippen LogP contribution in [0.4, 0.5) is 17.3 Å². The van der Waals surface area contributed by atoms with Crippen LogP contribution in [0.1, 0.15) is 20.3 Å². The summed E-state index contributed by atoms with van der Waals surface area (Å²) in [5, 5.41) is 10.7. The molecule has 0 bridgehead atoms. The average Bonchev–Trinajstić information content (AvgIpc) is 2.26. The molecule has 0 aliphatic carbocycles. The van der Waals surface area contributed by atoms with Gasteiger partial charge in [-0.1, -0.05) is 6.92 Å². The van der Waals surface area contributed by atoms with E-state index in [1.54, 1.807) is 0 Å². The third-order valence-corrected chi connectivity index (χ3v) is 2.64. The molecule has 88 valence electrons. The topological polar surface area (TPSA) is 85.3 Å². The van der Waals surface area contributed by atoms with Gasteiger partial charge in [-0.15, -0.1) is 0 Å². The van der Waals surface area contributed by atoms with Crippen LogP contribution in [-0.2, 0) is 0 Å². The predicted molar refractivity (Wildman–Crippen MR) is 63.5 cm³/mol. The number of nitrogen functional groups attached to an aromatic ring is 1. The zero-order valence-electron chi connectivity index (χ0n) is 9.67. The average molecular weight is 224 g/mol. The Balaban J connectivity index is 3.09. The minimum Gasteiger partial charge on any atom is -0.383 e. The molecule has 0 aliphatic heterocycles. The first-order chi connectivity index (χ1) is 7.45. The Kier molecular flexibility index (Phi) is 3.65. The van der Waals surface area contributed by atoms with E-state index < -0.39 is 4.92 Å². The van der Waals surface area contributed by atoms with Gasteiger partial charge >= 0.3 is 0 Å². The molecule has 6 heteroatoms. The summed E-state index contributed by atoms with van der Waals surface area (Å²) >= 11 is 0. The SMILES string of the molecule is CCC(C)N(C)c1cc([N+](=O)[O-])cc(N)n1. The molecule has 0 amide bonds. The number of hydrogen-bond donors (Lipinski definition) is 1. The van der Waals surface area contributed by atoms with Gasteiger partial charge in [0.25, 0.3) is 5.69 Å². The normalized spacial score (nSPS) is 12.2. The van der Waals surface area contributed by atoms with E-state index in [-0.39, 0.29) is 17.5 Å². The van der Waals surface area contributed by atoms with Gasteiger partial charge in [0.1, 0.15) is 11.6 Å². The fourth-order valence-electron chi connectivity index (χ4n) is 1.31. The zero-order chi connectivity index (χ0) is 12.3. The van der Waals surface area contributed by atoms with Crippen molar-refractivity contribution >= 4 is 17.3 Å². The molecule has 0 radical (unpaired) electrons. The molecule has 0 saturated heterocycles. The second-order valence-electron chi connectivity index (χ2n) is 3.73. The highest BCUT2D eigenvalue weighted by molar-refractivity contribution is 5.54. The van der Waals surface area contributed by atoms with Gasteiger partial charge in [0.05, 0.1) is 17.1 Å². The molecule has 1 rings (SSSR count). The number of anilines is 2. The Morgan fingerprint density at radius 1 is 1.62 bits per heavy atom. The molecule has 0 spiro atoms. The summed E-state index contributed by atoms with van der Waals surface area (Å²) in [6.45, 7) is 4.07. The molecule has 0 fully saturated rings. The van der Waals surface area contributed by atoms with E-state index in [2.05, 4.69) is 4.98 Å². The molecule has 16 heavy (non-hydrogen) atoms. The van der Waals surface area contributed by atoms with Gasteiger partial charge in [0, 0.05) is 13.1 Å². The molecule has 2 N–H and O–H groups in total. The highest BCUT2D eigenvalue weighted by atomic mass is 16.6. The van der Waals surface area contributed by atoms with Crippen molar-refractivity contribution < 1.29 is 4.92 Å². The molecular weight excluding hydrogens is 208 g/mol. The van der Waals surface area contributed by atoms with E-state index in [4.69, 9.17) is 5.73 Å². The summed E-state index contributed by atoms with van der Waals surface area (Å²) in [4.78, 5) is 16.2. The second kappa shape index (κ2) is 4.78. The fourth-order valence-corrected chi connectivity index (χ4v) is 1.31. The smallest absolute Gasteiger partial charge is 0.276 e. The Morgan fingerprint density at radius 2 is 2.25 bits per heavy atom. The van der Waals surface area contributed by atoms with Crippen LogP contribution < -0.4 is 10.6 Å². The van der Waals surface area contributed by atoms with Gasteiger partial charge < -0.3 is 10.6 Å². The minimum absolute atomic E-state index is 0.0300. The standard InChI is InChI=1S/C10H16N4O2/c1-4-7(2)13(3)10-6-8(14(15)16)5-9(11)12-10/h5-7H,4H2,1-3H3,(H2,11,12). The van der Waals surface area contributed by atoms with E-state index in [0.29, 0.717) is 5.82 Å². The lowest BCUT2D eigenvalue weighted by molar-refractivity contribution is -0.384. The number of hydrogen-bond acceptors (Lipinski definition) is 5. The van der Waals surface area contributed by atoms with Gasteiger partial charge in [-0.05, 0) is 13.3 Å². The van der Waals surface area contributed by atoms with Crippen LogP contribution in [0, 0.1) is 10.1 Å². The Bertz CT molecular complexity index is 394. The summed E-state index contributed by atoms with van der Waals surface area (Å²) in [6, 6.07) is 2.95. The number of aromatic nitrogens is 1. The van der Waals surface area contributed by atoms with Crippen molar-refractivity contribution in [3.8, 4) is 0 Å². The largest absolute Gasteiger partial charge is 0.383 e. The lowest BCUT2D eigenvalue weighted by Crippen LogP contribution is -2.29. The van der Waals surface area contributed by atoms with Gasteiger partial charge in [0.15, 0.2) is 0 Å². The molecule has 1 unspecified atom stereocenters. The number of rotatable bonds is 4. The van der Waals surface area contributed by atoms with Crippen molar-refractivity contribution in [2.24, 2.45) is 0 Å². The number of nitrogens with zero attached hydrogens (tertiary/aromatic N) is 3. The third-order valence-electron chi connectivity index (χ3n) is 2.64. The quantitative estimate of drug-likeness (QED) is 0.622. The molecular formula is C10H16N4O2. The zero-order valence-corrected chi connectivity index (χ0v) is 9.67. The van der Waals surface area contributed by atoms with E-state index in [0.717, 1.165) is 6.42 Å². The predicted octanol–water partition coefficient (Wildman–Crippen LogP) is 1.81. The summed E-state index contributed by atoms with van der Waals surface area (Å²) in [6.07, 6.45) is 0.931. The van der Waals surface area contributed by atoms with Gasteiger partial charge in [0.2, 0.25) is 0 Å². The van der Waals surface area contributed by atoms with E-state index >= 15 is 0 Å². The fraction of sp³-hybridized carbons (Fsp3) is 0.500. The van der Waals surface area contributed by atoms with Crippen molar-refractivity contribution in [1.29, 1.82) is 0 Å². The third kappa shape index (κ3) is 2.59. The Morgan fingerprint density at radius 3 is 2.75 bits per heavy atom. The second-order valence-corrected chi connectivity index (χ2v) is 3.73. The molecule has 0 aromatic carbocycles. The highest BCUT2D eigenvalue weighted by Crippen LogP contribution is 2.22. The van der Waals surface area contributed by atoms with Gasteiger partial charge in [-0.3, -0.25) is 10.1 Å². The molecule has 1 atom stereocenters. The summed E-state index contributed by atoms with van der Waals surface area (Å²) in [7, 11) is 1.85. The number of nitro groups is 1. The van der Waals surface area contributed by atoms with E-state index in [1.165, 1.54) is 12.1 Å². The molecule has 1 heterocycles. The van der Waals surface area contributed by atoms with Gasteiger partial charge in [-0.2, -0.15) is 0 Å². The molecule has 1 aromatic heterocycles. The summed E-state index contributed by atoms with van der Waals surface area (Å²) in [5.74, 6) is 0.695. The van der Waals surface area contributed by atoms with Crippen LogP contribution in [0.25, 0.3) is 0 Å². The van der Waals surface area contributed by atoms with Crippen molar-refractivity contribution in [2.45, 2.75) is 26.3 Å². The molecule has 0 saturated carbocycles. The van der Waals surface area contributed by atoms with E-state index in [9.17, 15) is 10.1 Å². The van der Waals surface area contributed by atoms with Crippen LogP contribution in [0.3, 0.4) is 0 Å². The lowest BCUT2D eigenvalue weighted by atomic mass is 10.2. The van der Waals surface area contributed by atoms with Crippen molar-refractivity contribution in [3.05, 3.63) is 22.2 Å². The van der Waals surface area contributed by atoms with Crippen molar-refractivity contribution in [1.82, 2.24) is 4.98 Å². The van der Waals surface area contributed by atoms with E-state index in [1.807, 2.05) is 25.8 Å². The maximum absolute atomic E-state index is 10.7. The first-order valence-electron chi connectivity index (χ1n) is 5.10. The maximum Gasteiger partial charge on any atom is 0.276 e. The number of pyridine rings is 1. The first kappa shape index (κ1) is 12.2. The maximum atomic E-state index is 10.7. The van der Waals surface area contributed by atoms with Crippen LogP contribution >= 0.6 is 0 Å². The van der Waals surface area contributed by atoms with Crippen molar-refractivity contribution in [3.63, 3.8) is 0 Å². The first-order valence-corrected chi connectivity index (χ1v) is 5.10. The summed E-state index contributed by atoms with van der Waals surface area (Å²) < 4.78 is 0.